The lowest BCUT2D eigenvalue weighted by Gasteiger charge is -2.39. The van der Waals surface area contributed by atoms with E-state index in [1.54, 1.807) is 7.11 Å². The van der Waals surface area contributed by atoms with E-state index in [4.69, 9.17) is 18.9 Å². The zero-order valence-electron chi connectivity index (χ0n) is 10.3. The van der Waals surface area contributed by atoms with Gasteiger partial charge >= 0.3 is 0 Å². The maximum atomic E-state index is 11.9. The number of methoxy groups -OCH3 is 2. The van der Waals surface area contributed by atoms with Crippen LogP contribution in [0.3, 0.4) is 0 Å². The van der Waals surface area contributed by atoms with E-state index in [0.717, 1.165) is 0 Å². The number of ketones is 1. The van der Waals surface area contributed by atoms with Gasteiger partial charge in [0.2, 0.25) is 0 Å². The Bertz CT molecular complexity index is 239. The maximum Gasteiger partial charge on any atom is 0.172 e. The SMILES string of the molecule is COCO[C@H]1OCCC(=O)[C@H]1C(C)(C)OC. The first-order valence-corrected chi connectivity index (χ1v) is 5.33. The second-order valence-electron chi connectivity index (χ2n) is 4.31. The maximum absolute atomic E-state index is 11.9. The smallest absolute Gasteiger partial charge is 0.172 e. The topological polar surface area (TPSA) is 54.0 Å². The van der Waals surface area contributed by atoms with Crippen molar-refractivity contribution in [3.8, 4) is 0 Å². The number of carbonyl (C=O) groups excluding carboxylic acids is 1. The van der Waals surface area contributed by atoms with E-state index in [0.29, 0.717) is 13.0 Å². The van der Waals surface area contributed by atoms with Crippen molar-refractivity contribution in [2.75, 3.05) is 27.6 Å². The summed E-state index contributed by atoms with van der Waals surface area (Å²) in [5.41, 5.74) is -0.601. The van der Waals surface area contributed by atoms with Gasteiger partial charge in [-0.15, -0.1) is 0 Å². The Kier molecular flexibility index (Phi) is 4.86. The van der Waals surface area contributed by atoms with Crippen LogP contribution in [0.25, 0.3) is 0 Å². The minimum absolute atomic E-state index is 0.105. The summed E-state index contributed by atoms with van der Waals surface area (Å²) >= 11 is 0. The van der Waals surface area contributed by atoms with E-state index in [1.165, 1.54) is 7.11 Å². The van der Waals surface area contributed by atoms with Gasteiger partial charge in [0.15, 0.2) is 6.29 Å². The minimum atomic E-state index is -0.601. The molecular formula is C11H20O5. The number of hydrogen-bond donors (Lipinski definition) is 0. The van der Waals surface area contributed by atoms with Crippen LogP contribution in [0.1, 0.15) is 20.3 Å². The largest absolute Gasteiger partial charge is 0.378 e. The summed E-state index contributed by atoms with van der Waals surface area (Å²) in [5.74, 6) is -0.305. The lowest BCUT2D eigenvalue weighted by Crippen LogP contribution is -2.51. The highest BCUT2D eigenvalue weighted by atomic mass is 16.7. The summed E-state index contributed by atoms with van der Waals surface area (Å²) in [6, 6.07) is 0. The second kappa shape index (κ2) is 5.72. The summed E-state index contributed by atoms with van der Waals surface area (Å²) < 4.78 is 21.0. The van der Waals surface area contributed by atoms with Crippen LogP contribution in [0.5, 0.6) is 0 Å². The van der Waals surface area contributed by atoms with Crippen LogP contribution in [0.2, 0.25) is 0 Å². The first kappa shape index (κ1) is 13.6. The summed E-state index contributed by atoms with van der Waals surface area (Å²) in [4.78, 5) is 11.9. The molecular weight excluding hydrogens is 212 g/mol. The van der Waals surface area contributed by atoms with E-state index >= 15 is 0 Å². The fourth-order valence-electron chi connectivity index (χ4n) is 1.80. The molecule has 5 nitrogen and oxygen atoms in total. The summed E-state index contributed by atoms with van der Waals surface area (Å²) in [7, 11) is 3.11. The molecule has 0 aromatic heterocycles. The number of hydrogen-bond acceptors (Lipinski definition) is 5. The normalized spacial score (nSPS) is 27.1. The monoisotopic (exact) mass is 232 g/mol. The number of carbonyl (C=O) groups is 1. The molecule has 0 bridgehead atoms. The Labute approximate surface area is 96.0 Å². The average Bonchev–Trinajstić information content (AvgIpc) is 2.26. The fourth-order valence-corrected chi connectivity index (χ4v) is 1.80. The van der Waals surface area contributed by atoms with Crippen molar-refractivity contribution in [1.29, 1.82) is 0 Å². The number of Topliss-reactive ketones (excluding diaryl/α,β-unsaturated/α-hetero) is 1. The fraction of sp³-hybridized carbons (Fsp3) is 0.909. The lowest BCUT2D eigenvalue weighted by molar-refractivity contribution is -0.247. The van der Waals surface area contributed by atoms with Crippen LogP contribution in [0.15, 0.2) is 0 Å². The molecule has 0 aliphatic carbocycles. The van der Waals surface area contributed by atoms with Gasteiger partial charge in [-0.1, -0.05) is 0 Å². The van der Waals surface area contributed by atoms with Crippen molar-refractivity contribution in [2.24, 2.45) is 5.92 Å². The highest BCUT2D eigenvalue weighted by Gasteiger charge is 2.44. The molecule has 0 aromatic rings. The highest BCUT2D eigenvalue weighted by molar-refractivity contribution is 5.83. The quantitative estimate of drug-likeness (QED) is 0.661. The molecule has 0 amide bonds. The molecule has 1 rings (SSSR count). The lowest BCUT2D eigenvalue weighted by atomic mass is 9.84. The van der Waals surface area contributed by atoms with Crippen molar-refractivity contribution in [1.82, 2.24) is 0 Å². The Morgan fingerprint density at radius 3 is 2.69 bits per heavy atom. The van der Waals surface area contributed by atoms with E-state index < -0.39 is 17.8 Å². The molecule has 0 unspecified atom stereocenters. The van der Waals surface area contributed by atoms with Crippen LogP contribution in [-0.4, -0.2) is 45.3 Å². The molecule has 1 fully saturated rings. The second-order valence-corrected chi connectivity index (χ2v) is 4.31. The molecule has 0 saturated carbocycles. The van der Waals surface area contributed by atoms with Gasteiger partial charge in [-0.3, -0.25) is 4.79 Å². The standard InChI is InChI=1S/C11H20O5/c1-11(2,14-4)9-8(12)5-6-15-10(9)16-7-13-3/h9-10H,5-7H2,1-4H3/t9-,10-/m1/s1. The number of ether oxygens (including phenoxy) is 4. The van der Waals surface area contributed by atoms with Gasteiger partial charge in [0.25, 0.3) is 0 Å². The highest BCUT2D eigenvalue weighted by Crippen LogP contribution is 2.31. The molecule has 1 heterocycles. The van der Waals surface area contributed by atoms with Gasteiger partial charge in [-0.05, 0) is 13.8 Å². The van der Waals surface area contributed by atoms with Crippen molar-refractivity contribution in [3.63, 3.8) is 0 Å². The molecule has 5 heteroatoms. The zero-order valence-corrected chi connectivity index (χ0v) is 10.3. The van der Waals surface area contributed by atoms with Gasteiger partial charge in [0, 0.05) is 20.6 Å². The molecule has 0 radical (unpaired) electrons. The van der Waals surface area contributed by atoms with Gasteiger partial charge in [0.05, 0.1) is 18.1 Å². The van der Waals surface area contributed by atoms with Crippen molar-refractivity contribution >= 4 is 5.78 Å². The first-order chi connectivity index (χ1) is 7.53. The summed E-state index contributed by atoms with van der Waals surface area (Å²) in [6.07, 6.45) is -0.180. The predicted octanol–water partition coefficient (Wildman–Crippen LogP) is 0.964. The molecule has 0 spiro atoms. The third kappa shape index (κ3) is 3.01. The summed E-state index contributed by atoms with van der Waals surface area (Å²) in [5, 5.41) is 0. The zero-order chi connectivity index (χ0) is 12.2. The van der Waals surface area contributed by atoms with E-state index in [9.17, 15) is 4.79 Å². The van der Waals surface area contributed by atoms with Crippen LogP contribution in [0.4, 0.5) is 0 Å². The Balaban J connectivity index is 2.75. The number of rotatable bonds is 5. The molecule has 0 aromatic carbocycles. The van der Waals surface area contributed by atoms with Gasteiger partial charge in [0.1, 0.15) is 12.6 Å². The Morgan fingerprint density at radius 2 is 2.12 bits per heavy atom. The van der Waals surface area contributed by atoms with E-state index in [-0.39, 0.29) is 12.6 Å². The van der Waals surface area contributed by atoms with Gasteiger partial charge in [-0.2, -0.15) is 0 Å². The summed E-state index contributed by atoms with van der Waals surface area (Å²) in [6.45, 7) is 4.21. The van der Waals surface area contributed by atoms with Crippen molar-refractivity contribution in [2.45, 2.75) is 32.2 Å². The molecule has 0 N–H and O–H groups in total. The van der Waals surface area contributed by atoms with Crippen LogP contribution in [-0.2, 0) is 23.7 Å². The van der Waals surface area contributed by atoms with Crippen molar-refractivity contribution < 1.29 is 23.7 Å². The van der Waals surface area contributed by atoms with E-state index in [1.807, 2.05) is 13.8 Å². The molecule has 2 atom stereocenters. The Hall–Kier alpha value is -0.490. The Morgan fingerprint density at radius 1 is 1.44 bits per heavy atom. The third-order valence-electron chi connectivity index (χ3n) is 2.87. The molecule has 1 saturated heterocycles. The molecule has 16 heavy (non-hydrogen) atoms. The average molecular weight is 232 g/mol. The van der Waals surface area contributed by atoms with Gasteiger partial charge < -0.3 is 18.9 Å². The molecule has 94 valence electrons. The molecule has 1 aliphatic heterocycles. The first-order valence-electron chi connectivity index (χ1n) is 5.33. The third-order valence-corrected chi connectivity index (χ3v) is 2.87. The van der Waals surface area contributed by atoms with Crippen molar-refractivity contribution in [3.05, 3.63) is 0 Å². The predicted molar refractivity (Wildman–Crippen MR) is 56.9 cm³/mol. The van der Waals surface area contributed by atoms with Crippen LogP contribution in [0, 0.1) is 5.92 Å². The van der Waals surface area contributed by atoms with Crippen LogP contribution < -0.4 is 0 Å². The van der Waals surface area contributed by atoms with Gasteiger partial charge in [-0.25, -0.2) is 0 Å². The van der Waals surface area contributed by atoms with Crippen LogP contribution >= 0.6 is 0 Å². The van der Waals surface area contributed by atoms with E-state index in [2.05, 4.69) is 0 Å². The minimum Gasteiger partial charge on any atom is -0.378 e. The molecule has 1 aliphatic rings.